The first kappa shape index (κ1) is 14.6. The van der Waals surface area contributed by atoms with Crippen LogP contribution in [0, 0.1) is 0 Å². The number of dihydropyridines is 1. The van der Waals surface area contributed by atoms with E-state index >= 15 is 0 Å². The fraction of sp³-hybridized carbons (Fsp3) is 0.273. The zero-order valence-corrected chi connectivity index (χ0v) is 11.0. The second-order valence-corrected chi connectivity index (χ2v) is 4.07. The van der Waals surface area contributed by atoms with Gasteiger partial charge in [0.1, 0.15) is 16.2 Å². The van der Waals surface area contributed by atoms with Gasteiger partial charge in [-0.2, -0.15) is 0 Å². The van der Waals surface area contributed by atoms with Gasteiger partial charge in [-0.25, -0.2) is 4.79 Å². The van der Waals surface area contributed by atoms with Crippen LogP contribution in [0.3, 0.4) is 0 Å². The van der Waals surface area contributed by atoms with Crippen molar-refractivity contribution in [1.82, 2.24) is 5.32 Å². The number of allylic oxidation sites excluding steroid dienone is 2. The minimum Gasteiger partial charge on any atom is -0.515 e. The van der Waals surface area contributed by atoms with Crippen LogP contribution in [-0.4, -0.2) is 29.0 Å². The van der Waals surface area contributed by atoms with E-state index in [-0.39, 0.29) is 17.3 Å². The van der Waals surface area contributed by atoms with Crippen LogP contribution in [0.4, 0.5) is 0 Å². The van der Waals surface area contributed by atoms with Gasteiger partial charge < -0.3 is 15.2 Å². The SMILES string of the molecule is CCOC(=O)/C(=C\O)C(=O)C1=C(Cl)NC(Cl)C=C1. The fourth-order valence-corrected chi connectivity index (χ4v) is 1.74. The van der Waals surface area contributed by atoms with Crippen LogP contribution >= 0.6 is 23.2 Å². The van der Waals surface area contributed by atoms with Crippen molar-refractivity contribution in [3.05, 3.63) is 34.7 Å². The van der Waals surface area contributed by atoms with Crippen molar-refractivity contribution in [3.63, 3.8) is 0 Å². The number of hydrogen-bond donors (Lipinski definition) is 2. The molecule has 0 radical (unpaired) electrons. The molecule has 1 atom stereocenters. The van der Waals surface area contributed by atoms with E-state index in [1.807, 2.05) is 0 Å². The van der Waals surface area contributed by atoms with E-state index in [0.717, 1.165) is 0 Å². The molecular weight excluding hydrogens is 281 g/mol. The number of aliphatic hydroxyl groups excluding tert-OH is 1. The molecule has 0 aromatic heterocycles. The van der Waals surface area contributed by atoms with Crippen molar-refractivity contribution in [3.8, 4) is 0 Å². The van der Waals surface area contributed by atoms with Gasteiger partial charge in [-0.05, 0) is 19.1 Å². The summed E-state index contributed by atoms with van der Waals surface area (Å²) in [4.78, 5) is 23.4. The van der Waals surface area contributed by atoms with Crippen molar-refractivity contribution < 1.29 is 19.4 Å². The maximum atomic E-state index is 12.0. The van der Waals surface area contributed by atoms with Crippen LogP contribution in [0.5, 0.6) is 0 Å². The Morgan fingerprint density at radius 3 is 2.78 bits per heavy atom. The third kappa shape index (κ3) is 3.27. The average Bonchev–Trinajstić information content (AvgIpc) is 2.29. The lowest BCUT2D eigenvalue weighted by molar-refractivity contribution is -0.139. The molecule has 0 amide bonds. The lowest BCUT2D eigenvalue weighted by Gasteiger charge is -2.16. The molecule has 18 heavy (non-hydrogen) atoms. The van der Waals surface area contributed by atoms with Gasteiger partial charge in [0, 0.05) is 0 Å². The Morgan fingerprint density at radius 2 is 2.28 bits per heavy atom. The van der Waals surface area contributed by atoms with E-state index in [4.69, 9.17) is 28.3 Å². The number of carbonyl (C=O) groups is 2. The van der Waals surface area contributed by atoms with Gasteiger partial charge in [-0.1, -0.05) is 23.2 Å². The molecule has 5 nitrogen and oxygen atoms in total. The monoisotopic (exact) mass is 291 g/mol. The third-order valence-electron chi connectivity index (χ3n) is 2.05. The van der Waals surface area contributed by atoms with E-state index in [2.05, 4.69) is 10.1 Å². The largest absolute Gasteiger partial charge is 0.515 e. The van der Waals surface area contributed by atoms with Crippen LogP contribution in [0.15, 0.2) is 34.7 Å². The Bertz CT molecular complexity index is 454. The molecule has 0 aromatic rings. The minimum absolute atomic E-state index is 0.00569. The van der Waals surface area contributed by atoms with Crippen molar-refractivity contribution in [2.45, 2.75) is 12.4 Å². The number of halogens is 2. The number of nitrogens with one attached hydrogen (secondary N) is 1. The Hall–Kier alpha value is -1.46. The van der Waals surface area contributed by atoms with Crippen LogP contribution < -0.4 is 5.32 Å². The van der Waals surface area contributed by atoms with Crippen molar-refractivity contribution >= 4 is 35.0 Å². The number of carbonyl (C=O) groups excluding carboxylic acids is 2. The highest BCUT2D eigenvalue weighted by atomic mass is 35.5. The summed E-state index contributed by atoms with van der Waals surface area (Å²) in [5, 5.41) is 11.6. The molecule has 0 fully saturated rings. The molecule has 0 saturated carbocycles. The molecule has 1 rings (SSSR count). The summed E-state index contributed by atoms with van der Waals surface area (Å²) < 4.78 is 4.64. The highest BCUT2D eigenvalue weighted by Gasteiger charge is 2.26. The van der Waals surface area contributed by atoms with Gasteiger partial charge in [0.25, 0.3) is 0 Å². The Kier molecular flexibility index (Phi) is 5.25. The lowest BCUT2D eigenvalue weighted by atomic mass is 10.0. The van der Waals surface area contributed by atoms with Gasteiger partial charge in [-0.15, -0.1) is 0 Å². The molecule has 2 N–H and O–H groups in total. The second kappa shape index (κ2) is 6.47. The van der Waals surface area contributed by atoms with E-state index in [0.29, 0.717) is 6.26 Å². The molecule has 0 spiro atoms. The highest BCUT2D eigenvalue weighted by molar-refractivity contribution is 6.36. The molecule has 1 aliphatic heterocycles. The van der Waals surface area contributed by atoms with Crippen LogP contribution in [-0.2, 0) is 14.3 Å². The maximum absolute atomic E-state index is 12.0. The topological polar surface area (TPSA) is 75.6 Å². The molecule has 1 aliphatic rings. The highest BCUT2D eigenvalue weighted by Crippen LogP contribution is 2.20. The zero-order valence-electron chi connectivity index (χ0n) is 9.44. The number of esters is 1. The standard InChI is InChI=1S/C11H11Cl2NO4/c1-2-18-11(17)7(5-15)9(16)6-3-4-8(12)14-10(6)13/h3-5,8,14-15H,2H2,1H3/b7-5-. The van der Waals surface area contributed by atoms with E-state index < -0.39 is 22.8 Å². The van der Waals surface area contributed by atoms with E-state index in [1.54, 1.807) is 6.92 Å². The normalized spacial score (nSPS) is 19.5. The summed E-state index contributed by atoms with van der Waals surface area (Å²) in [6.45, 7) is 1.68. The van der Waals surface area contributed by atoms with Gasteiger partial charge in [-0.3, -0.25) is 4.79 Å². The summed E-state index contributed by atoms with van der Waals surface area (Å²) in [6.07, 6.45) is 3.26. The molecule has 1 unspecified atom stereocenters. The number of ether oxygens (including phenoxy) is 1. The second-order valence-electron chi connectivity index (χ2n) is 3.23. The van der Waals surface area contributed by atoms with Gasteiger partial charge in [0.15, 0.2) is 0 Å². The molecule has 98 valence electrons. The van der Waals surface area contributed by atoms with Gasteiger partial charge in [0.05, 0.1) is 18.4 Å². The molecule has 7 heteroatoms. The predicted octanol–water partition coefficient (Wildman–Crippen LogP) is 1.74. The summed E-state index contributed by atoms with van der Waals surface area (Å²) in [7, 11) is 0. The third-order valence-corrected chi connectivity index (χ3v) is 2.61. The van der Waals surface area contributed by atoms with Crippen molar-refractivity contribution in [1.29, 1.82) is 0 Å². The maximum Gasteiger partial charge on any atom is 0.345 e. The first-order chi connectivity index (χ1) is 8.51. The summed E-state index contributed by atoms with van der Waals surface area (Å²) >= 11 is 11.5. The summed E-state index contributed by atoms with van der Waals surface area (Å²) in [5.41, 5.74) is -0.996. The summed E-state index contributed by atoms with van der Waals surface area (Å²) in [6, 6.07) is 0. The van der Waals surface area contributed by atoms with E-state index in [1.165, 1.54) is 12.2 Å². The number of aliphatic hydroxyl groups is 1. The summed E-state index contributed by atoms with van der Waals surface area (Å²) in [5.74, 6) is -1.66. The van der Waals surface area contributed by atoms with E-state index in [9.17, 15) is 9.59 Å². The zero-order chi connectivity index (χ0) is 13.7. The molecule has 1 heterocycles. The molecule has 0 aromatic carbocycles. The quantitative estimate of drug-likeness (QED) is 0.157. The number of ketones is 1. The first-order valence-corrected chi connectivity index (χ1v) is 5.87. The van der Waals surface area contributed by atoms with Gasteiger partial charge >= 0.3 is 5.97 Å². The van der Waals surface area contributed by atoms with Crippen molar-refractivity contribution in [2.24, 2.45) is 0 Å². The smallest absolute Gasteiger partial charge is 0.345 e. The lowest BCUT2D eigenvalue weighted by Crippen LogP contribution is -2.26. The van der Waals surface area contributed by atoms with Gasteiger partial charge in [0.2, 0.25) is 5.78 Å². The van der Waals surface area contributed by atoms with Crippen LogP contribution in [0.1, 0.15) is 6.92 Å². The predicted molar refractivity (Wildman–Crippen MR) is 67.1 cm³/mol. The number of rotatable bonds is 4. The van der Waals surface area contributed by atoms with Crippen LogP contribution in [0.25, 0.3) is 0 Å². The fourth-order valence-electron chi connectivity index (χ4n) is 1.23. The number of Topliss-reactive ketones (excluding diaryl/α,β-unsaturated/α-hetero) is 1. The minimum atomic E-state index is -0.914. The number of hydrogen-bond acceptors (Lipinski definition) is 5. The van der Waals surface area contributed by atoms with Crippen molar-refractivity contribution in [2.75, 3.05) is 6.61 Å². The molecule has 0 aliphatic carbocycles. The first-order valence-electron chi connectivity index (χ1n) is 5.06. The Labute approximate surface area is 114 Å². The molecule has 0 bridgehead atoms. The Balaban J connectivity index is 2.97. The molecular formula is C11H11Cl2NO4. The Morgan fingerprint density at radius 1 is 1.61 bits per heavy atom. The number of alkyl halides is 1. The molecule has 0 saturated heterocycles. The van der Waals surface area contributed by atoms with Crippen LogP contribution in [0.2, 0.25) is 0 Å². The average molecular weight is 292 g/mol.